The van der Waals surface area contributed by atoms with Crippen LogP contribution in [-0.2, 0) is 4.79 Å². The number of fused-ring (bicyclic) bond motifs is 1. The largest absolute Gasteiger partial charge is 0.370 e. The summed E-state index contributed by atoms with van der Waals surface area (Å²) >= 11 is 1.50. The van der Waals surface area contributed by atoms with Crippen LogP contribution in [0.25, 0.3) is 4.91 Å². The molecular weight excluding hydrogens is 265 g/mol. The van der Waals surface area contributed by atoms with Gasteiger partial charge in [-0.3, -0.25) is 10.1 Å². The molecule has 0 radical (unpaired) electrons. The van der Waals surface area contributed by atoms with Crippen LogP contribution in [0.1, 0.15) is 12.5 Å². The second-order valence-electron chi connectivity index (χ2n) is 4.51. The molecule has 1 aromatic rings. The minimum absolute atomic E-state index is 0.125. The van der Waals surface area contributed by atoms with Crippen LogP contribution >= 0.6 is 11.8 Å². The molecule has 0 spiro atoms. The molecule has 0 fully saturated rings. The highest BCUT2D eigenvalue weighted by Crippen LogP contribution is 2.48. The standard InChI is InChI=1S/C13H12FN3OS/c1-6-9-11(18)16-13(15)17-12(9)19-10(6)7-2-4-8(14)5-3-7/h2-5,9,12H,1H3,(H3,15,16,17,18). The van der Waals surface area contributed by atoms with E-state index in [-0.39, 0.29) is 29.0 Å². The Hall–Kier alpha value is -1.82. The normalized spacial score (nSPS) is 26.0. The van der Waals surface area contributed by atoms with Crippen molar-refractivity contribution in [2.24, 2.45) is 16.6 Å². The van der Waals surface area contributed by atoms with Crippen molar-refractivity contribution in [3.05, 3.63) is 41.2 Å². The number of hydrogen-bond donors (Lipinski definition) is 2. The lowest BCUT2D eigenvalue weighted by atomic mass is 9.96. The Kier molecular flexibility index (Phi) is 2.82. The third-order valence-corrected chi connectivity index (χ3v) is 4.67. The van der Waals surface area contributed by atoms with E-state index >= 15 is 0 Å². The summed E-state index contributed by atoms with van der Waals surface area (Å²) in [6.07, 6.45) is 0. The van der Waals surface area contributed by atoms with Crippen molar-refractivity contribution in [1.29, 1.82) is 0 Å². The SMILES string of the molecule is CC1=C(c2ccc(F)cc2)SC2N=C(N)NC(=O)C12. The van der Waals surface area contributed by atoms with Gasteiger partial charge in [-0.15, -0.1) is 0 Å². The van der Waals surface area contributed by atoms with Gasteiger partial charge < -0.3 is 5.73 Å². The Morgan fingerprint density at radius 2 is 2.05 bits per heavy atom. The number of carbonyl (C=O) groups excluding carboxylic acids is 1. The molecule has 1 aromatic carbocycles. The molecule has 1 amide bonds. The van der Waals surface area contributed by atoms with E-state index in [4.69, 9.17) is 5.73 Å². The van der Waals surface area contributed by atoms with Crippen molar-refractivity contribution in [2.45, 2.75) is 12.3 Å². The number of amides is 1. The van der Waals surface area contributed by atoms with Crippen molar-refractivity contribution in [1.82, 2.24) is 5.32 Å². The van der Waals surface area contributed by atoms with E-state index in [1.54, 1.807) is 12.1 Å². The molecule has 4 nitrogen and oxygen atoms in total. The second kappa shape index (κ2) is 4.38. The predicted molar refractivity (Wildman–Crippen MR) is 73.6 cm³/mol. The van der Waals surface area contributed by atoms with E-state index in [0.717, 1.165) is 16.0 Å². The van der Waals surface area contributed by atoms with Crippen molar-refractivity contribution >= 4 is 28.5 Å². The number of thioether (sulfide) groups is 1. The number of nitrogens with one attached hydrogen (secondary N) is 1. The minimum Gasteiger partial charge on any atom is -0.370 e. The van der Waals surface area contributed by atoms with Gasteiger partial charge in [0.15, 0.2) is 5.96 Å². The number of hydrogen-bond acceptors (Lipinski definition) is 4. The van der Waals surface area contributed by atoms with Gasteiger partial charge in [-0.25, -0.2) is 9.38 Å². The van der Waals surface area contributed by atoms with Crippen LogP contribution < -0.4 is 11.1 Å². The molecule has 2 aliphatic heterocycles. The third-order valence-electron chi connectivity index (χ3n) is 3.25. The van der Waals surface area contributed by atoms with Crippen molar-refractivity contribution < 1.29 is 9.18 Å². The van der Waals surface area contributed by atoms with Crippen molar-refractivity contribution in [2.75, 3.05) is 0 Å². The van der Waals surface area contributed by atoms with Crippen molar-refractivity contribution in [3.8, 4) is 0 Å². The lowest BCUT2D eigenvalue weighted by molar-refractivity contribution is -0.122. The number of carbonyl (C=O) groups is 1. The molecule has 0 saturated carbocycles. The van der Waals surface area contributed by atoms with Gasteiger partial charge in [0.1, 0.15) is 11.2 Å². The summed E-state index contributed by atoms with van der Waals surface area (Å²) < 4.78 is 13.0. The first kappa shape index (κ1) is 12.2. The fraction of sp³-hybridized carbons (Fsp3) is 0.231. The summed E-state index contributed by atoms with van der Waals surface area (Å²) in [6, 6.07) is 6.25. The number of nitrogens with two attached hydrogens (primary N) is 1. The number of halogens is 1. The average molecular weight is 277 g/mol. The second-order valence-corrected chi connectivity index (χ2v) is 5.64. The van der Waals surface area contributed by atoms with Gasteiger partial charge in [0.05, 0.1) is 5.92 Å². The van der Waals surface area contributed by atoms with E-state index in [1.807, 2.05) is 6.92 Å². The Balaban J connectivity index is 2.00. The van der Waals surface area contributed by atoms with Crippen LogP contribution in [0.5, 0.6) is 0 Å². The number of benzene rings is 1. The molecular formula is C13H12FN3OS. The zero-order valence-electron chi connectivity index (χ0n) is 10.2. The van der Waals surface area contributed by atoms with E-state index < -0.39 is 0 Å². The summed E-state index contributed by atoms with van der Waals surface area (Å²) in [5.41, 5.74) is 7.42. The Morgan fingerprint density at radius 3 is 2.74 bits per heavy atom. The highest BCUT2D eigenvalue weighted by molar-refractivity contribution is 8.09. The fourth-order valence-electron chi connectivity index (χ4n) is 2.33. The molecule has 98 valence electrons. The number of aliphatic imine (C=N–C) groups is 1. The van der Waals surface area contributed by atoms with Gasteiger partial charge >= 0.3 is 0 Å². The molecule has 2 heterocycles. The van der Waals surface area contributed by atoms with Crippen LogP contribution in [0.2, 0.25) is 0 Å². The molecule has 3 rings (SSSR count). The lowest BCUT2D eigenvalue weighted by Gasteiger charge is -2.22. The quantitative estimate of drug-likeness (QED) is 0.821. The maximum Gasteiger partial charge on any atom is 0.236 e. The lowest BCUT2D eigenvalue weighted by Crippen LogP contribution is -2.47. The Morgan fingerprint density at radius 1 is 1.37 bits per heavy atom. The van der Waals surface area contributed by atoms with Crippen LogP contribution in [-0.4, -0.2) is 17.2 Å². The van der Waals surface area contributed by atoms with Gasteiger partial charge in [0, 0.05) is 4.91 Å². The maximum absolute atomic E-state index is 13.0. The van der Waals surface area contributed by atoms with E-state index in [1.165, 1.54) is 23.9 Å². The summed E-state index contributed by atoms with van der Waals surface area (Å²) in [6.45, 7) is 1.91. The van der Waals surface area contributed by atoms with Crippen LogP contribution in [0, 0.1) is 11.7 Å². The molecule has 6 heteroatoms. The predicted octanol–water partition coefficient (Wildman–Crippen LogP) is 1.69. The highest BCUT2D eigenvalue weighted by Gasteiger charge is 2.41. The van der Waals surface area contributed by atoms with E-state index in [9.17, 15) is 9.18 Å². The zero-order chi connectivity index (χ0) is 13.6. The summed E-state index contributed by atoms with van der Waals surface area (Å²) in [7, 11) is 0. The maximum atomic E-state index is 13.0. The monoisotopic (exact) mass is 277 g/mol. The zero-order valence-corrected chi connectivity index (χ0v) is 11.0. The highest BCUT2D eigenvalue weighted by atomic mass is 32.2. The molecule has 19 heavy (non-hydrogen) atoms. The van der Waals surface area contributed by atoms with Gasteiger partial charge in [-0.2, -0.15) is 0 Å². The van der Waals surface area contributed by atoms with Crippen LogP contribution in [0.4, 0.5) is 4.39 Å². The van der Waals surface area contributed by atoms with Crippen LogP contribution in [0.3, 0.4) is 0 Å². The molecule has 3 N–H and O–H groups in total. The first-order valence-electron chi connectivity index (χ1n) is 5.84. The Labute approximate surface area is 114 Å². The van der Waals surface area contributed by atoms with Gasteiger partial charge in [-0.05, 0) is 30.2 Å². The van der Waals surface area contributed by atoms with E-state index in [0.29, 0.717) is 0 Å². The molecule has 0 aliphatic carbocycles. The Bertz CT molecular complexity index is 609. The molecule has 2 atom stereocenters. The van der Waals surface area contributed by atoms with Gasteiger partial charge in [-0.1, -0.05) is 23.9 Å². The third kappa shape index (κ3) is 2.02. The number of guanidine groups is 1. The van der Waals surface area contributed by atoms with E-state index in [2.05, 4.69) is 10.3 Å². The fourth-order valence-corrected chi connectivity index (χ4v) is 3.79. The summed E-state index contributed by atoms with van der Waals surface area (Å²) in [4.78, 5) is 17.2. The molecule has 0 bridgehead atoms. The van der Waals surface area contributed by atoms with Gasteiger partial charge in [0.25, 0.3) is 0 Å². The summed E-state index contributed by atoms with van der Waals surface area (Å²) in [5, 5.41) is 2.33. The first-order chi connectivity index (χ1) is 9.06. The summed E-state index contributed by atoms with van der Waals surface area (Å²) in [5.74, 6) is -0.536. The average Bonchev–Trinajstić information content (AvgIpc) is 2.67. The molecule has 2 unspecified atom stereocenters. The first-order valence-corrected chi connectivity index (χ1v) is 6.72. The molecule has 0 saturated heterocycles. The minimum atomic E-state index is -0.294. The number of rotatable bonds is 1. The molecule has 0 aromatic heterocycles. The smallest absolute Gasteiger partial charge is 0.236 e. The number of nitrogens with zero attached hydrogens (tertiary/aromatic N) is 1. The molecule has 2 aliphatic rings. The van der Waals surface area contributed by atoms with Crippen molar-refractivity contribution in [3.63, 3.8) is 0 Å². The topological polar surface area (TPSA) is 67.5 Å². The van der Waals surface area contributed by atoms with Gasteiger partial charge in [0.2, 0.25) is 5.91 Å². The van der Waals surface area contributed by atoms with Crippen LogP contribution in [0.15, 0.2) is 34.8 Å².